The summed E-state index contributed by atoms with van der Waals surface area (Å²) in [5.74, 6) is 0. The average molecular weight is 276 g/mol. The molecule has 2 rings (SSSR count). The van der Waals surface area contributed by atoms with Gasteiger partial charge in [-0.2, -0.15) is 5.26 Å². The molecule has 5 nitrogen and oxygen atoms in total. The summed E-state index contributed by atoms with van der Waals surface area (Å²) >= 11 is 5.97. The Kier molecular flexibility index (Phi) is 4.28. The number of fused-ring (bicyclic) bond motifs is 1. The van der Waals surface area contributed by atoms with Crippen LogP contribution in [0, 0.1) is 11.3 Å². The van der Waals surface area contributed by atoms with Gasteiger partial charge < -0.3 is 0 Å². The zero-order chi connectivity index (χ0) is 13.7. The second-order valence-electron chi connectivity index (χ2n) is 4.70. The van der Waals surface area contributed by atoms with Gasteiger partial charge in [-0.1, -0.05) is 22.8 Å². The minimum absolute atomic E-state index is 0.448. The predicted molar refractivity (Wildman–Crippen MR) is 73.8 cm³/mol. The molecule has 1 aliphatic rings. The van der Waals surface area contributed by atoms with Gasteiger partial charge in [-0.05, 0) is 41.8 Å². The first kappa shape index (κ1) is 13.7. The molecule has 0 bridgehead atoms. The van der Waals surface area contributed by atoms with Crippen molar-refractivity contribution < 1.29 is 0 Å². The van der Waals surface area contributed by atoms with Crippen molar-refractivity contribution in [3.63, 3.8) is 0 Å². The number of hydrogen-bond acceptors (Lipinski definition) is 3. The quantitative estimate of drug-likeness (QED) is 0.388. The largest absolute Gasteiger partial charge is 0.299 e. The third kappa shape index (κ3) is 3.18. The summed E-state index contributed by atoms with van der Waals surface area (Å²) in [6.45, 7) is 1.11. The van der Waals surface area contributed by atoms with E-state index in [1.54, 1.807) is 0 Å². The zero-order valence-electron chi connectivity index (χ0n) is 10.4. The fraction of sp³-hybridized carbons (Fsp3) is 0.462. The molecule has 1 aliphatic carbocycles. The van der Waals surface area contributed by atoms with Crippen LogP contribution in [0.2, 0.25) is 5.02 Å². The van der Waals surface area contributed by atoms with Gasteiger partial charge in [0.1, 0.15) is 5.54 Å². The van der Waals surface area contributed by atoms with Gasteiger partial charge in [0.2, 0.25) is 0 Å². The molecule has 1 atom stereocenters. The maximum atomic E-state index is 9.43. The van der Waals surface area contributed by atoms with E-state index in [-0.39, 0.29) is 0 Å². The van der Waals surface area contributed by atoms with Gasteiger partial charge in [-0.25, -0.2) is 0 Å². The minimum atomic E-state index is -0.552. The fourth-order valence-corrected chi connectivity index (χ4v) is 2.60. The first-order chi connectivity index (χ1) is 9.19. The molecule has 6 heteroatoms. The highest BCUT2D eigenvalue weighted by Crippen LogP contribution is 2.31. The van der Waals surface area contributed by atoms with Gasteiger partial charge in [0.15, 0.2) is 0 Å². The summed E-state index contributed by atoms with van der Waals surface area (Å²) in [4.78, 5) is 2.70. The molecule has 0 heterocycles. The minimum Gasteiger partial charge on any atom is -0.299 e. The highest BCUT2D eigenvalue weighted by Gasteiger charge is 2.36. The molecule has 1 N–H and O–H groups in total. The number of nitriles is 1. The lowest BCUT2D eigenvalue weighted by atomic mass is 9.97. The Morgan fingerprint density at radius 1 is 1.47 bits per heavy atom. The monoisotopic (exact) mass is 275 g/mol. The predicted octanol–water partition coefficient (Wildman–Crippen LogP) is 2.99. The number of rotatable bonds is 5. The Balaban J connectivity index is 1.99. The van der Waals surface area contributed by atoms with Crippen molar-refractivity contribution in [1.29, 1.82) is 5.26 Å². The van der Waals surface area contributed by atoms with Gasteiger partial charge in [-0.15, -0.1) is 0 Å². The van der Waals surface area contributed by atoms with E-state index in [0.29, 0.717) is 31.0 Å². The van der Waals surface area contributed by atoms with Crippen LogP contribution in [0.25, 0.3) is 10.4 Å². The van der Waals surface area contributed by atoms with E-state index >= 15 is 0 Å². The van der Waals surface area contributed by atoms with Crippen LogP contribution in [-0.4, -0.2) is 18.6 Å². The van der Waals surface area contributed by atoms with E-state index in [4.69, 9.17) is 17.1 Å². The SMILES string of the molecule is N#CC1(NCCCN=[N+]=[N-])Cc2ccc(Cl)cc2C1. The molecule has 0 saturated heterocycles. The Labute approximate surface area is 116 Å². The molecule has 0 aliphatic heterocycles. The third-order valence-corrected chi connectivity index (χ3v) is 3.56. The molecule has 19 heavy (non-hydrogen) atoms. The topological polar surface area (TPSA) is 84.6 Å². The van der Waals surface area contributed by atoms with Crippen molar-refractivity contribution in [2.45, 2.75) is 24.8 Å². The molecule has 1 aromatic carbocycles. The standard InChI is InChI=1S/C13H14ClN5/c14-12-3-2-10-7-13(9-15,8-11(10)6-12)17-4-1-5-18-19-16/h2-3,6,17H,1,4-5,7-8H2. The lowest BCUT2D eigenvalue weighted by Gasteiger charge is -2.21. The number of hydrogen-bond donors (Lipinski definition) is 1. The third-order valence-electron chi connectivity index (χ3n) is 3.33. The molecule has 1 aromatic rings. The van der Waals surface area contributed by atoms with E-state index in [1.165, 1.54) is 5.56 Å². The Hall–Kier alpha value is -1.73. The average Bonchev–Trinajstić information content (AvgIpc) is 2.77. The van der Waals surface area contributed by atoms with E-state index in [1.807, 2.05) is 18.2 Å². The number of benzene rings is 1. The molecule has 0 spiro atoms. The van der Waals surface area contributed by atoms with Crippen molar-refractivity contribution in [3.8, 4) is 6.07 Å². The first-order valence-corrected chi connectivity index (χ1v) is 6.51. The molecular formula is C13H14ClN5. The maximum absolute atomic E-state index is 9.43. The van der Waals surface area contributed by atoms with E-state index < -0.39 is 5.54 Å². The van der Waals surface area contributed by atoms with Gasteiger partial charge in [0.25, 0.3) is 0 Å². The van der Waals surface area contributed by atoms with Crippen LogP contribution in [0.1, 0.15) is 17.5 Å². The van der Waals surface area contributed by atoms with Crippen LogP contribution < -0.4 is 5.32 Å². The highest BCUT2D eigenvalue weighted by atomic mass is 35.5. The molecule has 98 valence electrons. The van der Waals surface area contributed by atoms with Crippen molar-refractivity contribution >= 4 is 11.6 Å². The summed E-state index contributed by atoms with van der Waals surface area (Å²) < 4.78 is 0. The van der Waals surface area contributed by atoms with E-state index in [0.717, 1.165) is 12.0 Å². The van der Waals surface area contributed by atoms with Crippen LogP contribution in [0.4, 0.5) is 0 Å². The fourth-order valence-electron chi connectivity index (χ4n) is 2.41. The van der Waals surface area contributed by atoms with Crippen LogP contribution in [0.3, 0.4) is 0 Å². The van der Waals surface area contributed by atoms with Gasteiger partial charge >= 0.3 is 0 Å². The molecule has 0 saturated carbocycles. The Bertz CT molecular complexity index is 559. The Morgan fingerprint density at radius 3 is 3.00 bits per heavy atom. The van der Waals surface area contributed by atoms with Gasteiger partial charge in [-0.3, -0.25) is 5.32 Å². The number of halogens is 1. The summed E-state index contributed by atoms with van der Waals surface area (Å²) in [7, 11) is 0. The van der Waals surface area contributed by atoms with E-state index in [9.17, 15) is 5.26 Å². The number of azide groups is 1. The van der Waals surface area contributed by atoms with Crippen LogP contribution in [-0.2, 0) is 12.8 Å². The van der Waals surface area contributed by atoms with Crippen molar-refractivity contribution in [2.75, 3.05) is 13.1 Å². The number of nitrogens with zero attached hydrogens (tertiary/aromatic N) is 4. The second kappa shape index (κ2) is 5.94. The van der Waals surface area contributed by atoms with Crippen LogP contribution >= 0.6 is 11.6 Å². The smallest absolute Gasteiger partial charge is 0.114 e. The summed E-state index contributed by atoms with van der Waals surface area (Å²) in [5.41, 5.74) is 9.95. The molecule has 0 amide bonds. The van der Waals surface area contributed by atoms with Crippen LogP contribution in [0.5, 0.6) is 0 Å². The molecule has 0 radical (unpaired) electrons. The van der Waals surface area contributed by atoms with Crippen molar-refractivity contribution in [3.05, 3.63) is 44.8 Å². The van der Waals surface area contributed by atoms with Crippen molar-refractivity contribution in [1.82, 2.24) is 5.32 Å². The normalized spacial score (nSPS) is 20.4. The van der Waals surface area contributed by atoms with Gasteiger partial charge in [0.05, 0.1) is 6.07 Å². The summed E-state index contributed by atoms with van der Waals surface area (Å²) in [6.07, 6.45) is 2.09. The van der Waals surface area contributed by atoms with Crippen LogP contribution in [0.15, 0.2) is 23.3 Å². The Morgan fingerprint density at radius 2 is 2.26 bits per heavy atom. The van der Waals surface area contributed by atoms with Gasteiger partial charge in [0, 0.05) is 29.3 Å². The zero-order valence-corrected chi connectivity index (χ0v) is 11.2. The summed E-state index contributed by atoms with van der Waals surface area (Å²) in [5, 5.41) is 16.9. The number of nitrogens with one attached hydrogen (secondary N) is 1. The summed E-state index contributed by atoms with van der Waals surface area (Å²) in [6, 6.07) is 8.15. The molecular weight excluding hydrogens is 262 g/mol. The lowest BCUT2D eigenvalue weighted by Crippen LogP contribution is -2.45. The lowest BCUT2D eigenvalue weighted by molar-refractivity contribution is 0.428. The van der Waals surface area contributed by atoms with Crippen molar-refractivity contribution in [2.24, 2.45) is 5.11 Å². The molecule has 0 fully saturated rings. The molecule has 1 unspecified atom stereocenters. The first-order valence-electron chi connectivity index (χ1n) is 6.13. The second-order valence-corrected chi connectivity index (χ2v) is 5.13. The highest BCUT2D eigenvalue weighted by molar-refractivity contribution is 6.30. The maximum Gasteiger partial charge on any atom is 0.114 e. The molecule has 0 aromatic heterocycles. The van der Waals surface area contributed by atoms with E-state index in [2.05, 4.69) is 21.4 Å².